The van der Waals surface area contributed by atoms with Gasteiger partial charge in [0.2, 0.25) is 0 Å². The normalized spacial score (nSPS) is 32.7. The Labute approximate surface area is 213 Å². The summed E-state index contributed by atoms with van der Waals surface area (Å²) in [5.41, 5.74) is 5.91. The van der Waals surface area contributed by atoms with Crippen molar-refractivity contribution < 1.29 is 10.2 Å². The lowest BCUT2D eigenvalue weighted by atomic mass is 9.50. The summed E-state index contributed by atoms with van der Waals surface area (Å²) in [6.45, 7) is 13.8. The molecule has 0 saturated heterocycles. The topological polar surface area (TPSA) is 40.5 Å². The van der Waals surface area contributed by atoms with E-state index in [9.17, 15) is 10.2 Å². The second kappa shape index (κ2) is 8.73. The van der Waals surface area contributed by atoms with Crippen molar-refractivity contribution >= 4 is 0 Å². The first-order chi connectivity index (χ1) is 16.5. The van der Waals surface area contributed by atoms with Crippen LogP contribution in [0.1, 0.15) is 91.2 Å². The maximum Gasteiger partial charge on any atom is 0.0573 e. The van der Waals surface area contributed by atoms with Crippen LogP contribution in [0.25, 0.3) is 11.1 Å². The Morgan fingerprint density at radius 3 is 1.34 bits per heavy atom. The highest BCUT2D eigenvalue weighted by molar-refractivity contribution is 5.81. The summed E-state index contributed by atoms with van der Waals surface area (Å²) in [6, 6.07) is 18.3. The summed E-state index contributed by atoms with van der Waals surface area (Å²) >= 11 is 0. The van der Waals surface area contributed by atoms with Crippen LogP contribution in [0.4, 0.5) is 0 Å². The van der Waals surface area contributed by atoms with Crippen molar-refractivity contribution in [1.29, 1.82) is 0 Å². The molecule has 35 heavy (non-hydrogen) atoms. The molecule has 2 nitrogen and oxygen atoms in total. The lowest BCUT2D eigenvalue weighted by Gasteiger charge is -2.54. The fourth-order valence-corrected chi connectivity index (χ4v) is 8.51. The monoisotopic (exact) mass is 474 g/mol. The zero-order valence-corrected chi connectivity index (χ0v) is 22.7. The van der Waals surface area contributed by atoms with Crippen molar-refractivity contribution in [2.24, 2.45) is 34.5 Å². The Balaban J connectivity index is 1.70. The Hall–Kier alpha value is -1.64. The molecule has 0 bridgehead atoms. The van der Waals surface area contributed by atoms with Crippen molar-refractivity contribution in [2.75, 3.05) is 0 Å². The van der Waals surface area contributed by atoms with Crippen LogP contribution in [0.2, 0.25) is 0 Å². The second-order valence-corrected chi connectivity index (χ2v) is 14.1. The summed E-state index contributed by atoms with van der Waals surface area (Å²) in [5, 5.41) is 22.2. The highest BCUT2D eigenvalue weighted by Gasteiger charge is 2.57. The molecule has 6 atom stereocenters. The van der Waals surface area contributed by atoms with Gasteiger partial charge in [-0.2, -0.15) is 0 Å². The van der Waals surface area contributed by atoms with E-state index in [2.05, 4.69) is 90.1 Å². The maximum atomic E-state index is 11.1. The van der Waals surface area contributed by atoms with Gasteiger partial charge in [-0.05, 0) is 95.3 Å². The van der Waals surface area contributed by atoms with Gasteiger partial charge in [-0.15, -0.1) is 0 Å². The van der Waals surface area contributed by atoms with Crippen LogP contribution >= 0.6 is 0 Å². The molecule has 2 aromatic rings. The molecule has 3 aliphatic carbocycles. The lowest BCUT2D eigenvalue weighted by molar-refractivity contribution is -0.0514. The van der Waals surface area contributed by atoms with Gasteiger partial charge in [-0.3, -0.25) is 0 Å². The molecule has 2 fully saturated rings. The summed E-state index contributed by atoms with van der Waals surface area (Å²) < 4.78 is 0. The average molecular weight is 475 g/mol. The van der Waals surface area contributed by atoms with E-state index in [1.54, 1.807) is 0 Å². The van der Waals surface area contributed by atoms with Gasteiger partial charge in [-0.1, -0.05) is 90.1 Å². The van der Waals surface area contributed by atoms with E-state index in [-0.39, 0.29) is 28.5 Å². The molecule has 3 aliphatic rings. The molecule has 5 rings (SSSR count). The van der Waals surface area contributed by atoms with Crippen molar-refractivity contribution in [3.05, 3.63) is 59.7 Å². The quantitative estimate of drug-likeness (QED) is 0.470. The van der Waals surface area contributed by atoms with Gasteiger partial charge in [-0.25, -0.2) is 0 Å². The lowest BCUT2D eigenvalue weighted by Crippen LogP contribution is -2.51. The minimum Gasteiger partial charge on any atom is -0.393 e. The summed E-state index contributed by atoms with van der Waals surface area (Å²) in [4.78, 5) is 0. The fourth-order valence-electron chi connectivity index (χ4n) is 8.51. The summed E-state index contributed by atoms with van der Waals surface area (Å²) in [7, 11) is 0. The summed E-state index contributed by atoms with van der Waals surface area (Å²) in [6.07, 6.45) is 5.59. The molecular weight excluding hydrogens is 428 g/mol. The van der Waals surface area contributed by atoms with Gasteiger partial charge in [0, 0.05) is 5.41 Å². The Kier molecular flexibility index (Phi) is 6.25. The van der Waals surface area contributed by atoms with Crippen LogP contribution < -0.4 is 0 Å². The zero-order valence-electron chi connectivity index (χ0n) is 22.7. The number of benzene rings is 2. The molecule has 0 aliphatic heterocycles. The number of hydrogen-bond acceptors (Lipinski definition) is 2. The molecule has 2 aromatic carbocycles. The van der Waals surface area contributed by atoms with Gasteiger partial charge >= 0.3 is 0 Å². The number of rotatable bonds is 2. The first-order valence-electron chi connectivity index (χ1n) is 14.0. The van der Waals surface area contributed by atoms with E-state index in [4.69, 9.17) is 0 Å². The molecule has 2 N–H and O–H groups in total. The number of hydrogen-bond donors (Lipinski definition) is 2. The highest BCUT2D eigenvalue weighted by Crippen LogP contribution is 2.63. The van der Waals surface area contributed by atoms with Gasteiger partial charge in [0.05, 0.1) is 12.2 Å². The van der Waals surface area contributed by atoms with Crippen LogP contribution in [-0.2, 0) is 5.41 Å². The van der Waals surface area contributed by atoms with E-state index in [1.807, 2.05) is 0 Å². The molecule has 190 valence electrons. The van der Waals surface area contributed by atoms with Crippen LogP contribution in [0.15, 0.2) is 48.5 Å². The molecule has 0 amide bonds. The van der Waals surface area contributed by atoms with E-state index in [0.29, 0.717) is 23.7 Å². The predicted octanol–water partition coefficient (Wildman–Crippen LogP) is 7.60. The van der Waals surface area contributed by atoms with Crippen molar-refractivity contribution in [3.63, 3.8) is 0 Å². The SMILES string of the molecule is CC(C)(C)C1CC(C2(C3CCC(O)C(C(C)(C)C)C3)c3ccccc3-c3ccccc32)CCC1O. The second-order valence-electron chi connectivity index (χ2n) is 14.1. The third-order valence-corrected chi connectivity index (χ3v) is 10.2. The standard InChI is InChI=1S/C33H46O2/c1-31(2,3)27-19-21(15-17-29(27)34)33(22-16-18-30(35)28(20-22)32(4,5)6)25-13-9-7-11-23(25)24-12-8-10-14-26(24)33/h7-14,21-22,27-30,34-35H,15-20H2,1-6H3. The highest BCUT2D eigenvalue weighted by atomic mass is 16.3. The van der Waals surface area contributed by atoms with Crippen LogP contribution in [0, 0.1) is 34.5 Å². The fraction of sp³-hybridized carbons (Fsp3) is 0.636. The van der Waals surface area contributed by atoms with Crippen LogP contribution in [-0.4, -0.2) is 22.4 Å². The largest absolute Gasteiger partial charge is 0.393 e. The van der Waals surface area contributed by atoms with E-state index in [0.717, 1.165) is 38.5 Å². The smallest absolute Gasteiger partial charge is 0.0573 e. The zero-order chi connectivity index (χ0) is 25.2. The maximum absolute atomic E-state index is 11.1. The van der Waals surface area contributed by atoms with Crippen LogP contribution in [0.3, 0.4) is 0 Å². The number of aliphatic hydroxyl groups excluding tert-OH is 2. The Bertz CT molecular complexity index is 970. The molecular formula is C33H46O2. The van der Waals surface area contributed by atoms with Crippen molar-refractivity contribution in [2.45, 2.75) is 97.7 Å². The minimum atomic E-state index is -0.217. The molecule has 6 unspecified atom stereocenters. The van der Waals surface area contributed by atoms with Crippen molar-refractivity contribution in [1.82, 2.24) is 0 Å². The average Bonchev–Trinajstić information content (AvgIpc) is 3.10. The summed E-state index contributed by atoms with van der Waals surface area (Å²) in [5.74, 6) is 1.57. The number of fused-ring (bicyclic) bond motifs is 3. The van der Waals surface area contributed by atoms with Gasteiger partial charge in [0.25, 0.3) is 0 Å². The predicted molar refractivity (Wildman–Crippen MR) is 145 cm³/mol. The first-order valence-corrected chi connectivity index (χ1v) is 14.0. The molecule has 0 spiro atoms. The molecule has 2 heteroatoms. The molecule has 0 aromatic heterocycles. The van der Waals surface area contributed by atoms with Gasteiger partial charge in [0.1, 0.15) is 0 Å². The van der Waals surface area contributed by atoms with E-state index < -0.39 is 0 Å². The third-order valence-electron chi connectivity index (χ3n) is 10.2. The Morgan fingerprint density at radius 1 is 0.600 bits per heavy atom. The molecule has 0 radical (unpaired) electrons. The van der Waals surface area contributed by atoms with Crippen molar-refractivity contribution in [3.8, 4) is 11.1 Å². The van der Waals surface area contributed by atoms with Gasteiger partial charge < -0.3 is 10.2 Å². The third kappa shape index (κ3) is 4.00. The number of aliphatic hydroxyl groups is 2. The molecule has 2 saturated carbocycles. The van der Waals surface area contributed by atoms with Gasteiger partial charge in [0.15, 0.2) is 0 Å². The van der Waals surface area contributed by atoms with Crippen LogP contribution in [0.5, 0.6) is 0 Å². The van der Waals surface area contributed by atoms with E-state index in [1.165, 1.54) is 22.3 Å². The Morgan fingerprint density at radius 2 is 0.971 bits per heavy atom. The first kappa shape index (κ1) is 25.0. The molecule has 0 heterocycles. The van der Waals surface area contributed by atoms with E-state index >= 15 is 0 Å². The minimum absolute atomic E-state index is 0.0551.